The molecule has 178 valence electrons. The fourth-order valence-electron chi connectivity index (χ4n) is 5.31. The highest BCUT2D eigenvalue weighted by atomic mass is 15.2. The van der Waals surface area contributed by atoms with Crippen LogP contribution in [0.25, 0.3) is 0 Å². The smallest absolute Gasteiger partial charge is 0.0367 e. The minimum atomic E-state index is 0.714. The highest BCUT2D eigenvalue weighted by Crippen LogP contribution is 2.30. The van der Waals surface area contributed by atoms with E-state index >= 15 is 0 Å². The molecule has 2 rings (SSSR count). The average Bonchev–Trinajstić information content (AvgIpc) is 3.24. The van der Waals surface area contributed by atoms with Gasteiger partial charge in [0.25, 0.3) is 0 Å². The van der Waals surface area contributed by atoms with Crippen molar-refractivity contribution >= 4 is 11.4 Å². The normalized spacial score (nSPS) is 17.5. The standard InChI is InChI=1S/C28H51N3/c1-4-5-6-7-8-9-10-11-12-13-14-15-16-17-28(30(2)3)25-22-23-31(24-25)27-20-18-26(29)19-21-27/h18-21,25,28H,4-17,22-24,29H2,1-3H3. The number of hydrogen-bond donors (Lipinski definition) is 1. The second kappa shape index (κ2) is 15.6. The van der Waals surface area contributed by atoms with Crippen LogP contribution in [-0.2, 0) is 0 Å². The van der Waals surface area contributed by atoms with Crippen LogP contribution in [0.4, 0.5) is 11.4 Å². The van der Waals surface area contributed by atoms with Crippen LogP contribution >= 0.6 is 0 Å². The molecule has 3 nitrogen and oxygen atoms in total. The molecule has 0 radical (unpaired) electrons. The quantitative estimate of drug-likeness (QED) is 0.205. The summed E-state index contributed by atoms with van der Waals surface area (Å²) in [5, 5.41) is 0. The minimum absolute atomic E-state index is 0.714. The highest BCUT2D eigenvalue weighted by molar-refractivity contribution is 5.53. The van der Waals surface area contributed by atoms with Crippen LogP contribution in [0.15, 0.2) is 24.3 Å². The summed E-state index contributed by atoms with van der Waals surface area (Å²) in [6.45, 7) is 4.66. The van der Waals surface area contributed by atoms with Gasteiger partial charge in [0.05, 0.1) is 0 Å². The van der Waals surface area contributed by atoms with Crippen LogP contribution in [0, 0.1) is 5.92 Å². The van der Waals surface area contributed by atoms with Gasteiger partial charge in [-0.05, 0) is 57.1 Å². The van der Waals surface area contributed by atoms with Crippen molar-refractivity contribution in [2.45, 2.75) is 109 Å². The van der Waals surface area contributed by atoms with E-state index < -0.39 is 0 Å². The molecule has 0 amide bonds. The molecule has 2 unspecified atom stereocenters. The fourth-order valence-corrected chi connectivity index (χ4v) is 5.31. The maximum atomic E-state index is 5.86. The third-order valence-electron chi connectivity index (χ3n) is 7.29. The third-order valence-corrected chi connectivity index (χ3v) is 7.29. The zero-order valence-electron chi connectivity index (χ0n) is 21.0. The molecule has 1 aromatic rings. The molecule has 1 fully saturated rings. The first-order chi connectivity index (χ1) is 15.1. The zero-order chi connectivity index (χ0) is 22.3. The molecule has 0 bridgehead atoms. The van der Waals surface area contributed by atoms with Crippen LogP contribution in [0.2, 0.25) is 0 Å². The van der Waals surface area contributed by atoms with Gasteiger partial charge in [-0.3, -0.25) is 0 Å². The molecule has 1 aliphatic rings. The van der Waals surface area contributed by atoms with Gasteiger partial charge < -0.3 is 15.5 Å². The van der Waals surface area contributed by atoms with Gasteiger partial charge in [-0.15, -0.1) is 0 Å². The Morgan fingerprint density at radius 2 is 1.35 bits per heavy atom. The summed E-state index contributed by atoms with van der Waals surface area (Å²) in [5.41, 5.74) is 8.04. The molecule has 1 aromatic carbocycles. The molecular formula is C28H51N3. The first kappa shape index (κ1) is 26.0. The third kappa shape index (κ3) is 10.3. The van der Waals surface area contributed by atoms with E-state index in [-0.39, 0.29) is 0 Å². The Kier molecular flexibility index (Phi) is 13.1. The Labute approximate surface area is 193 Å². The maximum Gasteiger partial charge on any atom is 0.0367 e. The number of anilines is 2. The molecule has 2 N–H and O–H groups in total. The molecule has 0 spiro atoms. The van der Waals surface area contributed by atoms with Gasteiger partial charge in [-0.25, -0.2) is 0 Å². The van der Waals surface area contributed by atoms with Crippen molar-refractivity contribution < 1.29 is 0 Å². The van der Waals surface area contributed by atoms with Crippen molar-refractivity contribution in [2.24, 2.45) is 5.92 Å². The summed E-state index contributed by atoms with van der Waals surface area (Å²) >= 11 is 0. The first-order valence-corrected chi connectivity index (χ1v) is 13.4. The number of nitrogen functional groups attached to an aromatic ring is 1. The molecule has 3 heteroatoms. The van der Waals surface area contributed by atoms with Gasteiger partial charge >= 0.3 is 0 Å². The number of nitrogens with zero attached hydrogens (tertiary/aromatic N) is 2. The predicted octanol–water partition coefficient (Wildman–Crippen LogP) is 7.51. The molecule has 1 aliphatic heterocycles. The van der Waals surface area contributed by atoms with Crippen molar-refractivity contribution in [3.8, 4) is 0 Å². The second-order valence-electron chi connectivity index (χ2n) is 10.1. The number of nitrogens with two attached hydrogens (primary N) is 1. The summed E-state index contributed by atoms with van der Waals surface area (Å²) in [4.78, 5) is 5.03. The lowest BCUT2D eigenvalue weighted by molar-refractivity contribution is 0.203. The molecule has 1 heterocycles. The van der Waals surface area contributed by atoms with Crippen LogP contribution in [-0.4, -0.2) is 38.1 Å². The molecule has 1 saturated heterocycles. The number of hydrogen-bond acceptors (Lipinski definition) is 3. The van der Waals surface area contributed by atoms with E-state index in [2.05, 4.69) is 43.0 Å². The topological polar surface area (TPSA) is 32.5 Å². The van der Waals surface area contributed by atoms with Gasteiger partial charge in [0.15, 0.2) is 0 Å². The minimum Gasteiger partial charge on any atom is -0.399 e. The van der Waals surface area contributed by atoms with Crippen molar-refractivity contribution in [1.29, 1.82) is 0 Å². The van der Waals surface area contributed by atoms with Crippen LogP contribution < -0.4 is 10.6 Å². The SMILES string of the molecule is CCCCCCCCCCCCCCCC(C1CCN(c2ccc(N)cc2)C1)N(C)C. The van der Waals surface area contributed by atoms with Crippen LogP contribution in [0.5, 0.6) is 0 Å². The monoisotopic (exact) mass is 429 g/mol. The summed E-state index contributed by atoms with van der Waals surface area (Å²) in [5.74, 6) is 0.782. The van der Waals surface area contributed by atoms with Gasteiger partial charge in [0, 0.05) is 30.5 Å². The van der Waals surface area contributed by atoms with Crippen LogP contribution in [0.3, 0.4) is 0 Å². The average molecular weight is 430 g/mol. The lowest BCUT2D eigenvalue weighted by Gasteiger charge is -2.30. The molecular weight excluding hydrogens is 378 g/mol. The Bertz CT molecular complexity index is 554. The maximum absolute atomic E-state index is 5.86. The van der Waals surface area contributed by atoms with E-state index in [1.165, 1.54) is 115 Å². The molecule has 2 atom stereocenters. The van der Waals surface area contributed by atoms with E-state index in [9.17, 15) is 0 Å². The van der Waals surface area contributed by atoms with E-state index in [1.54, 1.807) is 0 Å². The zero-order valence-corrected chi connectivity index (χ0v) is 21.0. The van der Waals surface area contributed by atoms with Gasteiger partial charge in [0.1, 0.15) is 0 Å². The highest BCUT2D eigenvalue weighted by Gasteiger charge is 2.30. The molecule has 0 aromatic heterocycles. The lowest BCUT2D eigenvalue weighted by atomic mass is 9.92. The van der Waals surface area contributed by atoms with Crippen LogP contribution in [0.1, 0.15) is 103 Å². The van der Waals surface area contributed by atoms with Gasteiger partial charge in [-0.1, -0.05) is 90.4 Å². The van der Waals surface area contributed by atoms with E-state index in [4.69, 9.17) is 5.73 Å². The first-order valence-electron chi connectivity index (χ1n) is 13.4. The second-order valence-corrected chi connectivity index (χ2v) is 10.1. The van der Waals surface area contributed by atoms with E-state index in [0.717, 1.165) is 11.6 Å². The summed E-state index contributed by atoms with van der Waals surface area (Å²) in [6.07, 6.45) is 21.3. The lowest BCUT2D eigenvalue weighted by Crippen LogP contribution is -2.37. The van der Waals surface area contributed by atoms with Gasteiger partial charge in [-0.2, -0.15) is 0 Å². The van der Waals surface area contributed by atoms with Crippen molar-refractivity contribution in [1.82, 2.24) is 4.90 Å². The van der Waals surface area contributed by atoms with Crippen molar-refractivity contribution in [3.63, 3.8) is 0 Å². The fraction of sp³-hybridized carbons (Fsp3) is 0.786. The Morgan fingerprint density at radius 1 is 0.839 bits per heavy atom. The summed E-state index contributed by atoms with van der Waals surface area (Å²) in [7, 11) is 4.55. The Hall–Kier alpha value is -1.22. The number of benzene rings is 1. The number of unbranched alkanes of at least 4 members (excludes halogenated alkanes) is 12. The predicted molar refractivity (Wildman–Crippen MR) is 139 cm³/mol. The summed E-state index contributed by atoms with van der Waals surface area (Å²) < 4.78 is 0. The van der Waals surface area contributed by atoms with E-state index in [1.807, 2.05) is 12.1 Å². The number of rotatable bonds is 17. The molecule has 0 aliphatic carbocycles. The summed E-state index contributed by atoms with van der Waals surface area (Å²) in [6, 6.07) is 9.12. The molecule has 0 saturated carbocycles. The Morgan fingerprint density at radius 3 is 1.87 bits per heavy atom. The van der Waals surface area contributed by atoms with Crippen molar-refractivity contribution in [2.75, 3.05) is 37.8 Å². The van der Waals surface area contributed by atoms with Gasteiger partial charge in [0.2, 0.25) is 0 Å². The van der Waals surface area contributed by atoms with E-state index in [0.29, 0.717) is 6.04 Å². The molecule has 31 heavy (non-hydrogen) atoms. The van der Waals surface area contributed by atoms with Crippen molar-refractivity contribution in [3.05, 3.63) is 24.3 Å². The largest absolute Gasteiger partial charge is 0.399 e. The Balaban J connectivity index is 1.53.